The Hall–Kier alpha value is -3.47. The van der Waals surface area contributed by atoms with E-state index in [0.717, 1.165) is 27.4 Å². The summed E-state index contributed by atoms with van der Waals surface area (Å²) in [6.07, 6.45) is 3.97. The van der Waals surface area contributed by atoms with Crippen LogP contribution in [-0.4, -0.2) is 27.0 Å². The van der Waals surface area contributed by atoms with Gasteiger partial charge in [0.2, 0.25) is 5.91 Å². The molecular formula is C28H30N2O3. The van der Waals surface area contributed by atoms with Gasteiger partial charge in [-0.15, -0.1) is 0 Å². The summed E-state index contributed by atoms with van der Waals surface area (Å²) < 4.78 is 1.54. The number of nitrogens with zero attached hydrogens (tertiary/aromatic N) is 1. The second-order valence-electron chi connectivity index (χ2n) is 10.5. The van der Waals surface area contributed by atoms with Crippen molar-refractivity contribution in [2.24, 2.45) is 10.8 Å². The molecule has 0 bridgehead atoms. The van der Waals surface area contributed by atoms with Gasteiger partial charge < -0.3 is 4.98 Å². The van der Waals surface area contributed by atoms with Gasteiger partial charge in [-0.1, -0.05) is 65.0 Å². The molecule has 0 fully saturated rings. The Bertz CT molecular complexity index is 1410. The number of carbonyl (C=O) groups is 3. The molecule has 2 heterocycles. The van der Waals surface area contributed by atoms with E-state index in [9.17, 15) is 14.4 Å². The molecule has 4 rings (SSSR count). The third-order valence-electron chi connectivity index (χ3n) is 6.23. The van der Waals surface area contributed by atoms with Crippen LogP contribution in [0.25, 0.3) is 21.8 Å². The Kier molecular flexibility index (Phi) is 5.39. The molecule has 33 heavy (non-hydrogen) atoms. The van der Waals surface area contributed by atoms with E-state index in [-0.39, 0.29) is 17.5 Å². The Morgan fingerprint density at radius 1 is 0.879 bits per heavy atom. The van der Waals surface area contributed by atoms with Crippen LogP contribution in [0.3, 0.4) is 0 Å². The van der Waals surface area contributed by atoms with Gasteiger partial charge in [-0.25, -0.2) is 0 Å². The van der Waals surface area contributed by atoms with E-state index in [2.05, 4.69) is 4.98 Å². The summed E-state index contributed by atoms with van der Waals surface area (Å²) in [5.41, 5.74) is 2.75. The van der Waals surface area contributed by atoms with Gasteiger partial charge in [0.25, 0.3) is 0 Å². The second kappa shape index (κ2) is 7.84. The lowest BCUT2D eigenvalue weighted by Gasteiger charge is -2.23. The fourth-order valence-corrected chi connectivity index (χ4v) is 4.45. The highest BCUT2D eigenvalue weighted by atomic mass is 16.2. The van der Waals surface area contributed by atoms with Gasteiger partial charge in [-0.3, -0.25) is 19.0 Å². The first-order chi connectivity index (χ1) is 15.4. The lowest BCUT2D eigenvalue weighted by Crippen LogP contribution is -2.27. The molecule has 0 atom stereocenters. The average Bonchev–Trinajstić information content (AvgIpc) is 3.33. The first kappa shape index (κ1) is 22.7. The quantitative estimate of drug-likeness (QED) is 0.360. The van der Waals surface area contributed by atoms with Gasteiger partial charge >= 0.3 is 0 Å². The molecule has 5 heteroatoms. The fourth-order valence-electron chi connectivity index (χ4n) is 4.45. The van der Waals surface area contributed by atoms with Crippen molar-refractivity contribution < 1.29 is 14.4 Å². The Balaban J connectivity index is 1.67. The first-order valence-corrected chi connectivity index (χ1v) is 11.2. The van der Waals surface area contributed by atoms with Crippen LogP contribution in [0.1, 0.15) is 72.6 Å². The van der Waals surface area contributed by atoms with E-state index in [4.69, 9.17) is 0 Å². The highest BCUT2D eigenvalue weighted by Gasteiger charge is 2.32. The van der Waals surface area contributed by atoms with Crippen molar-refractivity contribution in [3.8, 4) is 0 Å². The summed E-state index contributed by atoms with van der Waals surface area (Å²) >= 11 is 0. The number of ketones is 2. The highest BCUT2D eigenvalue weighted by molar-refractivity contribution is 6.12. The molecule has 2 aromatic carbocycles. The van der Waals surface area contributed by atoms with Crippen LogP contribution in [-0.2, 0) is 6.42 Å². The predicted molar refractivity (Wildman–Crippen MR) is 132 cm³/mol. The molecule has 0 radical (unpaired) electrons. The predicted octanol–water partition coefficient (Wildman–Crippen LogP) is 6.46. The van der Waals surface area contributed by atoms with Crippen molar-refractivity contribution in [3.05, 3.63) is 71.5 Å². The van der Waals surface area contributed by atoms with Crippen LogP contribution >= 0.6 is 0 Å². The zero-order valence-electron chi connectivity index (χ0n) is 20.1. The van der Waals surface area contributed by atoms with Crippen LogP contribution in [0, 0.1) is 10.8 Å². The van der Waals surface area contributed by atoms with E-state index < -0.39 is 10.8 Å². The number of rotatable bonds is 5. The van der Waals surface area contributed by atoms with Gasteiger partial charge in [-0.05, 0) is 24.1 Å². The SMILES string of the molecule is CC(=O)n1cc(C(=O)C(C)(C)Cc2ccc3c(C(=O)C(C)(C)C)c[nH]c3c2)c2ccccc21. The topological polar surface area (TPSA) is 71.9 Å². The second-order valence-corrected chi connectivity index (χ2v) is 10.5. The minimum absolute atomic E-state index is 0.00566. The zero-order valence-corrected chi connectivity index (χ0v) is 20.1. The molecule has 0 spiro atoms. The Morgan fingerprint density at radius 2 is 1.58 bits per heavy atom. The number of benzene rings is 2. The number of aromatic amines is 1. The van der Waals surface area contributed by atoms with E-state index in [1.165, 1.54) is 11.5 Å². The molecule has 0 aliphatic heterocycles. The molecule has 0 aliphatic rings. The summed E-state index contributed by atoms with van der Waals surface area (Å²) in [7, 11) is 0. The summed E-state index contributed by atoms with van der Waals surface area (Å²) in [6.45, 7) is 11.1. The number of aromatic nitrogens is 2. The Morgan fingerprint density at radius 3 is 2.24 bits per heavy atom. The zero-order chi connectivity index (χ0) is 24.1. The van der Waals surface area contributed by atoms with Crippen molar-refractivity contribution in [3.63, 3.8) is 0 Å². The normalized spacial score (nSPS) is 12.4. The van der Waals surface area contributed by atoms with Crippen molar-refractivity contribution in [2.45, 2.75) is 48.0 Å². The number of nitrogens with one attached hydrogen (secondary N) is 1. The van der Waals surface area contributed by atoms with Crippen LogP contribution < -0.4 is 0 Å². The molecule has 0 saturated heterocycles. The summed E-state index contributed by atoms with van der Waals surface area (Å²) in [5, 5.41) is 1.68. The molecule has 0 aliphatic carbocycles. The summed E-state index contributed by atoms with van der Waals surface area (Å²) in [6, 6.07) is 13.5. The Labute approximate surface area is 193 Å². The van der Waals surface area contributed by atoms with E-state index in [0.29, 0.717) is 17.5 Å². The van der Waals surface area contributed by atoms with Crippen LogP contribution in [0.5, 0.6) is 0 Å². The van der Waals surface area contributed by atoms with Gasteiger partial charge in [0.05, 0.1) is 5.52 Å². The molecule has 0 amide bonds. The molecule has 1 N–H and O–H groups in total. The van der Waals surface area contributed by atoms with Crippen LogP contribution in [0.15, 0.2) is 54.9 Å². The molecule has 0 unspecified atom stereocenters. The minimum atomic E-state index is -0.684. The van der Waals surface area contributed by atoms with Crippen molar-refractivity contribution in [1.82, 2.24) is 9.55 Å². The van der Waals surface area contributed by atoms with E-state index >= 15 is 0 Å². The van der Waals surface area contributed by atoms with E-state index in [1.807, 2.05) is 77.1 Å². The molecule has 170 valence electrons. The molecule has 4 aromatic rings. The number of hydrogen-bond donors (Lipinski definition) is 1. The first-order valence-electron chi connectivity index (χ1n) is 11.2. The van der Waals surface area contributed by atoms with Gasteiger partial charge in [0.15, 0.2) is 11.6 Å². The lowest BCUT2D eigenvalue weighted by molar-refractivity contribution is 0.0838. The lowest BCUT2D eigenvalue weighted by atomic mass is 9.78. The number of Topliss-reactive ketones (excluding diaryl/α,β-unsaturated/α-hetero) is 2. The van der Waals surface area contributed by atoms with Gasteiger partial charge in [-0.2, -0.15) is 0 Å². The van der Waals surface area contributed by atoms with Crippen molar-refractivity contribution in [2.75, 3.05) is 0 Å². The van der Waals surface area contributed by atoms with Crippen LogP contribution in [0.4, 0.5) is 0 Å². The number of para-hydroxylation sites is 1. The van der Waals surface area contributed by atoms with Crippen LogP contribution in [0.2, 0.25) is 0 Å². The fraction of sp³-hybridized carbons (Fsp3) is 0.321. The maximum absolute atomic E-state index is 13.6. The minimum Gasteiger partial charge on any atom is -0.360 e. The third kappa shape index (κ3) is 4.04. The number of H-pyrrole nitrogens is 1. The molecule has 2 aromatic heterocycles. The summed E-state index contributed by atoms with van der Waals surface area (Å²) in [4.78, 5) is 41.7. The van der Waals surface area contributed by atoms with Crippen molar-refractivity contribution in [1.29, 1.82) is 0 Å². The largest absolute Gasteiger partial charge is 0.360 e. The number of carbonyl (C=O) groups excluding carboxylic acids is 3. The van der Waals surface area contributed by atoms with Gasteiger partial charge in [0.1, 0.15) is 0 Å². The van der Waals surface area contributed by atoms with Crippen molar-refractivity contribution >= 4 is 39.3 Å². The third-order valence-corrected chi connectivity index (χ3v) is 6.23. The smallest absolute Gasteiger partial charge is 0.227 e. The van der Waals surface area contributed by atoms with Gasteiger partial charge in [0, 0.05) is 57.6 Å². The highest BCUT2D eigenvalue weighted by Crippen LogP contribution is 2.33. The molecule has 0 saturated carbocycles. The number of hydrogen-bond acceptors (Lipinski definition) is 3. The maximum Gasteiger partial charge on any atom is 0.227 e. The summed E-state index contributed by atoms with van der Waals surface area (Å²) in [5.74, 6) is -0.0337. The van der Waals surface area contributed by atoms with E-state index in [1.54, 1.807) is 12.4 Å². The monoisotopic (exact) mass is 442 g/mol. The number of fused-ring (bicyclic) bond motifs is 2. The molecular weight excluding hydrogens is 412 g/mol. The molecule has 5 nitrogen and oxygen atoms in total. The standard InChI is InChI=1S/C28H30N2O3/c1-17(31)30-16-22(20-9-7-8-10-24(20)30)26(33)28(5,6)14-18-11-12-19-21(15-29-23(19)13-18)25(32)27(2,3)4/h7-13,15-16,29H,14H2,1-6H3. The maximum atomic E-state index is 13.6. The average molecular weight is 443 g/mol.